The molecule has 0 unspecified atom stereocenters. The predicted octanol–water partition coefficient (Wildman–Crippen LogP) is 6.19. The minimum Gasteiger partial charge on any atom is -0.508 e. The molecule has 0 aromatic heterocycles. The summed E-state index contributed by atoms with van der Waals surface area (Å²) in [4.78, 5) is 2.44. The Hall–Kier alpha value is -3.44. The molecule has 0 saturated carbocycles. The van der Waals surface area contributed by atoms with Gasteiger partial charge in [-0.05, 0) is 72.9 Å². The fourth-order valence-electron chi connectivity index (χ4n) is 5.18. The number of aromatic hydroxyl groups is 2. The fourth-order valence-corrected chi connectivity index (χ4v) is 5.18. The Labute approximate surface area is 207 Å². The highest BCUT2D eigenvalue weighted by molar-refractivity contribution is 5.96. The van der Waals surface area contributed by atoms with Crippen molar-refractivity contribution in [2.24, 2.45) is 5.92 Å². The number of rotatable bonds is 7. The van der Waals surface area contributed by atoms with Crippen molar-refractivity contribution >= 4 is 11.1 Å². The van der Waals surface area contributed by atoms with Crippen LogP contribution in [0.2, 0.25) is 0 Å². The van der Waals surface area contributed by atoms with Crippen LogP contribution in [-0.4, -0.2) is 41.4 Å². The molecule has 5 rings (SSSR count). The molecule has 5 nitrogen and oxygen atoms in total. The van der Waals surface area contributed by atoms with Crippen LogP contribution < -0.4 is 9.47 Å². The number of benzene rings is 3. The molecular weight excluding hydrogens is 438 g/mol. The normalized spacial score (nSPS) is 18.1. The first-order valence-electron chi connectivity index (χ1n) is 12.4. The van der Waals surface area contributed by atoms with E-state index in [1.54, 1.807) is 18.2 Å². The molecule has 2 aliphatic heterocycles. The zero-order valence-corrected chi connectivity index (χ0v) is 20.6. The monoisotopic (exact) mass is 471 g/mol. The first-order valence-corrected chi connectivity index (χ1v) is 12.4. The van der Waals surface area contributed by atoms with Gasteiger partial charge in [0.25, 0.3) is 0 Å². The van der Waals surface area contributed by atoms with Crippen LogP contribution in [0.1, 0.15) is 48.6 Å². The topological polar surface area (TPSA) is 62.2 Å². The third-order valence-corrected chi connectivity index (χ3v) is 7.31. The Morgan fingerprint density at radius 3 is 2.49 bits per heavy atom. The van der Waals surface area contributed by atoms with E-state index in [2.05, 4.69) is 18.7 Å². The van der Waals surface area contributed by atoms with Gasteiger partial charge >= 0.3 is 0 Å². The molecule has 0 aliphatic carbocycles. The third kappa shape index (κ3) is 4.61. The van der Waals surface area contributed by atoms with Crippen molar-refractivity contribution in [1.82, 2.24) is 4.90 Å². The first kappa shape index (κ1) is 23.3. The van der Waals surface area contributed by atoms with E-state index >= 15 is 0 Å². The van der Waals surface area contributed by atoms with Gasteiger partial charge in [-0.25, -0.2) is 0 Å². The summed E-state index contributed by atoms with van der Waals surface area (Å²) in [5, 5.41) is 20.5. The Bertz CT molecular complexity index is 1240. The van der Waals surface area contributed by atoms with Crippen LogP contribution in [0.25, 0.3) is 11.1 Å². The lowest BCUT2D eigenvalue weighted by Gasteiger charge is -2.38. The van der Waals surface area contributed by atoms with E-state index in [0.29, 0.717) is 6.61 Å². The molecular formula is C30H33NO4. The van der Waals surface area contributed by atoms with E-state index in [9.17, 15) is 10.2 Å². The Kier molecular flexibility index (Phi) is 6.44. The van der Waals surface area contributed by atoms with Crippen LogP contribution in [0.4, 0.5) is 0 Å². The molecule has 2 N–H and O–H groups in total. The summed E-state index contributed by atoms with van der Waals surface area (Å²) >= 11 is 0. The number of hydrogen-bond donors (Lipinski definition) is 2. The molecule has 3 aromatic rings. The molecule has 35 heavy (non-hydrogen) atoms. The smallest absolute Gasteiger partial charge is 0.150 e. The van der Waals surface area contributed by atoms with Crippen molar-refractivity contribution < 1.29 is 19.7 Å². The van der Waals surface area contributed by atoms with E-state index in [-0.39, 0.29) is 17.6 Å². The third-order valence-electron chi connectivity index (χ3n) is 7.31. The highest BCUT2D eigenvalue weighted by Crippen LogP contribution is 2.49. The van der Waals surface area contributed by atoms with Gasteiger partial charge < -0.3 is 19.7 Å². The van der Waals surface area contributed by atoms with Crippen molar-refractivity contribution in [3.05, 3.63) is 82.9 Å². The molecule has 1 saturated heterocycles. The van der Waals surface area contributed by atoms with E-state index in [1.807, 2.05) is 49.4 Å². The quantitative estimate of drug-likeness (QED) is 0.430. The standard InChI is InChI=1S/C30H33NO4/c1-4-21-17-31(18-21)14-15-34-25-10-8-22(9-11-25)30-29(23-6-5-7-24(32)16-23)20(3)28-19(2)26(33)12-13-27(28)35-30/h5-13,16,21,30,32-33H,4,14-15,17-18H2,1-3H3/t30-/m1/s1. The lowest BCUT2D eigenvalue weighted by atomic mass is 9.84. The summed E-state index contributed by atoms with van der Waals surface area (Å²) in [6.07, 6.45) is 0.903. The van der Waals surface area contributed by atoms with Crippen LogP contribution in [0.3, 0.4) is 0 Å². The van der Waals surface area contributed by atoms with E-state index in [4.69, 9.17) is 9.47 Å². The maximum Gasteiger partial charge on any atom is 0.150 e. The van der Waals surface area contributed by atoms with Crippen molar-refractivity contribution in [1.29, 1.82) is 0 Å². The number of hydrogen-bond acceptors (Lipinski definition) is 5. The lowest BCUT2D eigenvalue weighted by molar-refractivity contribution is 0.0806. The van der Waals surface area contributed by atoms with Crippen molar-refractivity contribution in [3.8, 4) is 23.0 Å². The summed E-state index contributed by atoms with van der Waals surface area (Å²) in [6, 6.07) is 18.8. The van der Waals surface area contributed by atoms with Crippen LogP contribution in [0.15, 0.2) is 60.7 Å². The SMILES string of the molecule is CCC1CN(CCOc2ccc([C@H]3Oc4ccc(O)c(C)c4C(C)=C3c3cccc(O)c3)cc2)C1. The van der Waals surface area contributed by atoms with Gasteiger partial charge in [0.15, 0.2) is 0 Å². The second-order valence-electron chi connectivity index (χ2n) is 9.62. The van der Waals surface area contributed by atoms with Gasteiger partial charge in [0.05, 0.1) is 0 Å². The molecule has 2 heterocycles. The summed E-state index contributed by atoms with van der Waals surface area (Å²) in [5.74, 6) is 2.88. The Morgan fingerprint density at radius 1 is 1.00 bits per heavy atom. The summed E-state index contributed by atoms with van der Waals surface area (Å²) in [5.41, 5.74) is 5.57. The number of nitrogens with zero attached hydrogens (tertiary/aromatic N) is 1. The summed E-state index contributed by atoms with van der Waals surface area (Å²) < 4.78 is 12.5. The first-order chi connectivity index (χ1) is 16.9. The number of allylic oxidation sites excluding steroid dienone is 1. The zero-order valence-electron chi connectivity index (χ0n) is 20.6. The molecule has 0 bridgehead atoms. The molecule has 0 radical (unpaired) electrons. The van der Waals surface area contributed by atoms with Gasteiger partial charge in [0, 0.05) is 36.3 Å². The Balaban J connectivity index is 1.41. The van der Waals surface area contributed by atoms with Crippen LogP contribution in [0, 0.1) is 12.8 Å². The lowest BCUT2D eigenvalue weighted by Crippen LogP contribution is -2.47. The van der Waals surface area contributed by atoms with Crippen LogP contribution in [0.5, 0.6) is 23.0 Å². The average Bonchev–Trinajstić information content (AvgIpc) is 2.83. The second-order valence-corrected chi connectivity index (χ2v) is 9.62. The molecule has 2 aliphatic rings. The van der Waals surface area contributed by atoms with Gasteiger partial charge in [0.1, 0.15) is 35.7 Å². The minimum atomic E-state index is -0.352. The zero-order chi connectivity index (χ0) is 24.5. The molecule has 1 fully saturated rings. The van der Waals surface area contributed by atoms with E-state index in [0.717, 1.165) is 57.4 Å². The number of phenols is 2. The highest BCUT2D eigenvalue weighted by atomic mass is 16.5. The van der Waals surface area contributed by atoms with Crippen LogP contribution >= 0.6 is 0 Å². The van der Waals surface area contributed by atoms with Gasteiger partial charge in [0.2, 0.25) is 0 Å². The van der Waals surface area contributed by atoms with E-state index < -0.39 is 0 Å². The minimum absolute atomic E-state index is 0.205. The van der Waals surface area contributed by atoms with Gasteiger partial charge in [-0.1, -0.05) is 37.6 Å². The molecule has 3 aromatic carbocycles. The van der Waals surface area contributed by atoms with Gasteiger partial charge in [-0.15, -0.1) is 0 Å². The van der Waals surface area contributed by atoms with E-state index in [1.165, 1.54) is 19.5 Å². The predicted molar refractivity (Wildman–Crippen MR) is 139 cm³/mol. The fraction of sp³-hybridized carbons (Fsp3) is 0.333. The number of ether oxygens (including phenoxy) is 2. The number of likely N-dealkylation sites (tertiary alicyclic amines) is 1. The summed E-state index contributed by atoms with van der Waals surface area (Å²) in [7, 11) is 0. The largest absolute Gasteiger partial charge is 0.508 e. The van der Waals surface area contributed by atoms with Crippen molar-refractivity contribution in [2.75, 3.05) is 26.2 Å². The van der Waals surface area contributed by atoms with Crippen LogP contribution in [-0.2, 0) is 0 Å². The molecule has 5 heteroatoms. The van der Waals surface area contributed by atoms with Crippen molar-refractivity contribution in [3.63, 3.8) is 0 Å². The Morgan fingerprint density at radius 2 is 1.77 bits per heavy atom. The molecule has 182 valence electrons. The van der Waals surface area contributed by atoms with Gasteiger partial charge in [-0.3, -0.25) is 4.90 Å². The second kappa shape index (κ2) is 9.67. The molecule has 1 atom stereocenters. The van der Waals surface area contributed by atoms with Crippen molar-refractivity contribution in [2.45, 2.75) is 33.3 Å². The number of phenolic OH excluding ortho intramolecular Hbond substituents is 2. The highest BCUT2D eigenvalue weighted by Gasteiger charge is 2.31. The average molecular weight is 472 g/mol. The summed E-state index contributed by atoms with van der Waals surface area (Å²) in [6.45, 7) is 10.2. The maximum atomic E-state index is 10.3. The maximum absolute atomic E-state index is 10.3. The molecule has 0 spiro atoms. The number of fused-ring (bicyclic) bond motifs is 1. The molecule has 0 amide bonds. The van der Waals surface area contributed by atoms with Gasteiger partial charge in [-0.2, -0.15) is 0 Å².